The van der Waals surface area contributed by atoms with Gasteiger partial charge < -0.3 is 9.47 Å². The summed E-state index contributed by atoms with van der Waals surface area (Å²) < 4.78 is 230. The molecule has 0 saturated carbocycles. The molecule has 0 spiro atoms. The minimum atomic E-state index is -7.14. The predicted octanol–water partition coefficient (Wildman–Crippen LogP) is 7.53. The van der Waals surface area contributed by atoms with Crippen LogP contribution in [0.5, 0.6) is 0 Å². The average Bonchev–Trinajstić information content (AvgIpc) is 2.94. The highest BCUT2D eigenvalue weighted by atomic mass is 32.2. The molecular weight excluding hydrogens is 771 g/mol. The Balaban J connectivity index is 2.83. The predicted molar refractivity (Wildman–Crippen MR) is 135 cm³/mol. The van der Waals surface area contributed by atoms with Crippen LogP contribution in [0, 0.1) is 0 Å². The second-order valence-corrected chi connectivity index (χ2v) is 11.9. The molecule has 0 aromatic heterocycles. The van der Waals surface area contributed by atoms with Crippen molar-refractivity contribution in [3.8, 4) is 0 Å². The van der Waals surface area contributed by atoms with Crippen LogP contribution in [-0.4, -0.2) is 114 Å². The Kier molecular flexibility index (Phi) is 14.1. The van der Waals surface area contributed by atoms with Crippen molar-refractivity contribution in [1.29, 1.82) is 0 Å². The molecule has 1 aromatic rings. The first-order valence-electron chi connectivity index (χ1n) is 12.3. The van der Waals surface area contributed by atoms with E-state index >= 15 is 0 Å². The highest BCUT2D eigenvalue weighted by Gasteiger charge is 2.82. The van der Waals surface area contributed by atoms with Gasteiger partial charge in [0.2, 0.25) is 5.50 Å². The molecule has 1 unspecified atom stereocenters. The molecule has 1 rings (SSSR count). The van der Waals surface area contributed by atoms with Gasteiger partial charge in [-0.05, 0) is 44.2 Å². The molecule has 0 amide bonds. The maximum atomic E-state index is 13.7. The Labute approximate surface area is 271 Å². The average molecular weight is 791 g/mol. The molecule has 0 saturated heterocycles. The van der Waals surface area contributed by atoms with E-state index < -0.39 is 126 Å². The highest BCUT2D eigenvalue weighted by Crippen LogP contribution is 2.57. The van der Waals surface area contributed by atoms with Crippen molar-refractivity contribution in [3.05, 3.63) is 34.9 Å². The topological polar surface area (TPSA) is 76.1 Å². The number of aldehydes is 1. The van der Waals surface area contributed by atoms with Crippen LogP contribution in [0.15, 0.2) is 18.2 Å². The zero-order valence-electron chi connectivity index (χ0n) is 23.9. The fourth-order valence-electron chi connectivity index (χ4n) is 2.92. The van der Waals surface area contributed by atoms with Crippen molar-refractivity contribution in [3.63, 3.8) is 0 Å². The van der Waals surface area contributed by atoms with Gasteiger partial charge in [-0.25, -0.2) is 22.6 Å². The van der Waals surface area contributed by atoms with E-state index in [1.807, 2.05) is 0 Å². The van der Waals surface area contributed by atoms with Crippen molar-refractivity contribution in [2.45, 2.75) is 46.8 Å². The molecule has 0 aliphatic carbocycles. The number of alkyl halides is 17. The number of hydrogen-bond donors (Lipinski definition) is 0. The van der Waals surface area contributed by atoms with Crippen LogP contribution >= 0.6 is 23.9 Å². The Morgan fingerprint density at radius 1 is 0.694 bits per heavy atom. The van der Waals surface area contributed by atoms with Gasteiger partial charge in [0.15, 0.2) is 0 Å². The lowest BCUT2D eigenvalue weighted by Gasteiger charge is -2.34. The van der Waals surface area contributed by atoms with Gasteiger partial charge in [0.25, 0.3) is 0 Å². The molecule has 0 N–H and O–H groups in total. The first kappa shape index (κ1) is 44.3. The summed E-state index contributed by atoms with van der Waals surface area (Å²) in [6, 6.07) is 2.26. The quantitative estimate of drug-likeness (QED) is 0.0690. The zero-order chi connectivity index (χ0) is 38.6. The van der Waals surface area contributed by atoms with Crippen molar-refractivity contribution >= 4 is 42.1 Å². The Morgan fingerprint density at radius 2 is 1.10 bits per heavy atom. The minimum absolute atomic E-state index is 0.0295. The lowest BCUT2D eigenvalue weighted by Crippen LogP contribution is -2.60. The van der Waals surface area contributed by atoms with Crippen LogP contribution in [-0.2, 0) is 9.47 Å². The number of esters is 2. The van der Waals surface area contributed by atoms with Crippen molar-refractivity contribution < 1.29 is 98.5 Å². The maximum absolute atomic E-state index is 13.7. The summed E-state index contributed by atoms with van der Waals surface area (Å²) in [5.41, 5.74) is -5.82. The van der Waals surface area contributed by atoms with Gasteiger partial charge in [-0.3, -0.25) is 4.79 Å². The number of halogens is 17. The monoisotopic (exact) mass is 790 g/mol. The third-order valence-corrected chi connectivity index (χ3v) is 7.56. The van der Waals surface area contributed by atoms with E-state index in [4.69, 9.17) is 0 Å². The number of benzene rings is 1. The van der Waals surface area contributed by atoms with Gasteiger partial charge in [-0.2, -0.15) is 70.2 Å². The molecule has 282 valence electrons. The summed E-state index contributed by atoms with van der Waals surface area (Å²) in [4.78, 5) is 35.9. The lowest BCUT2D eigenvalue weighted by molar-refractivity contribution is -0.381. The molecule has 0 bridgehead atoms. The summed E-state index contributed by atoms with van der Waals surface area (Å²) in [6.45, 7) is -3.65. The van der Waals surface area contributed by atoms with Gasteiger partial charge in [-0.15, -0.1) is 0 Å². The minimum Gasteiger partial charge on any atom is -0.461 e. The Hall–Kier alpha value is -2.74. The van der Waals surface area contributed by atoms with Gasteiger partial charge in [-0.1, -0.05) is 0 Å². The van der Waals surface area contributed by atoms with E-state index in [0.29, 0.717) is 17.4 Å². The van der Waals surface area contributed by atoms with Crippen molar-refractivity contribution in [1.82, 2.24) is 8.61 Å². The van der Waals surface area contributed by atoms with Gasteiger partial charge >= 0.3 is 53.2 Å². The summed E-state index contributed by atoms with van der Waals surface area (Å²) in [7, 11) is 1.27. The molecule has 1 atom stereocenters. The highest BCUT2D eigenvalue weighted by molar-refractivity contribution is 7.98. The fraction of sp³-hybridized carbons (Fsp3) is 0.609. The molecule has 7 nitrogen and oxygen atoms in total. The maximum Gasteiger partial charge on any atom is 0.460 e. The SMILES string of the molecule is CN(CCOC(=O)c1cc(C=O)cc(C(=O)OCCN(C)SC(F)(F)C(F)(F)C(F)(F)C(F)(F)F)c1)SC(F)C(F)(F)C(F)(F)C(F)(F)F. The van der Waals surface area contributed by atoms with E-state index in [9.17, 15) is 89.0 Å². The van der Waals surface area contributed by atoms with Crippen LogP contribution in [0.1, 0.15) is 31.1 Å². The van der Waals surface area contributed by atoms with Gasteiger partial charge in [0.05, 0.1) is 11.1 Å². The van der Waals surface area contributed by atoms with E-state index in [-0.39, 0.29) is 10.6 Å². The zero-order valence-corrected chi connectivity index (χ0v) is 25.5. The van der Waals surface area contributed by atoms with Crippen LogP contribution < -0.4 is 0 Å². The number of likely N-dealkylation sites (N-methyl/N-ethyl adjacent to an activating group) is 2. The first-order valence-corrected chi connectivity index (χ1v) is 13.9. The standard InChI is InChI=1S/C23H19F17N2O5S2/c1-41(48-16(24)17(25,26)18(27,28)21(33,34)35)3-5-46-14(44)12-7-11(10-43)8-13(9-12)15(45)47-6-4-42(2)49-23(39,40)20(31,32)19(29,30)22(36,37)38/h7-10,16H,3-6H2,1-2H3. The number of carbonyl (C=O) groups is 3. The molecular formula is C23H19F17N2O5S2. The third-order valence-electron chi connectivity index (χ3n) is 5.56. The largest absolute Gasteiger partial charge is 0.461 e. The molecule has 0 heterocycles. The van der Waals surface area contributed by atoms with Crippen LogP contribution in [0.25, 0.3) is 0 Å². The second kappa shape index (κ2) is 15.7. The van der Waals surface area contributed by atoms with E-state index in [1.165, 1.54) is 0 Å². The number of ether oxygens (including phenoxy) is 2. The summed E-state index contributed by atoms with van der Waals surface area (Å²) >= 11 is -2.24. The molecule has 49 heavy (non-hydrogen) atoms. The third kappa shape index (κ3) is 10.2. The van der Waals surface area contributed by atoms with Crippen LogP contribution in [0.3, 0.4) is 0 Å². The molecule has 0 aliphatic rings. The van der Waals surface area contributed by atoms with E-state index in [1.54, 1.807) is 0 Å². The lowest BCUT2D eigenvalue weighted by atomic mass is 10.1. The number of hydrogen-bond acceptors (Lipinski definition) is 9. The number of carbonyl (C=O) groups excluding carboxylic acids is 3. The van der Waals surface area contributed by atoms with E-state index in [2.05, 4.69) is 9.47 Å². The number of nitrogens with zero attached hydrogens (tertiary/aromatic N) is 2. The first-order chi connectivity index (χ1) is 21.9. The fourth-order valence-corrected chi connectivity index (χ4v) is 4.50. The van der Waals surface area contributed by atoms with Crippen molar-refractivity contribution in [2.75, 3.05) is 40.4 Å². The second-order valence-electron chi connectivity index (χ2n) is 9.31. The van der Waals surface area contributed by atoms with Crippen molar-refractivity contribution in [2.24, 2.45) is 0 Å². The summed E-state index contributed by atoms with van der Waals surface area (Å²) in [5.74, 6) is -29.9. The molecule has 1 aromatic carbocycles. The van der Waals surface area contributed by atoms with Crippen LogP contribution in [0.4, 0.5) is 74.6 Å². The van der Waals surface area contributed by atoms with E-state index in [0.717, 1.165) is 19.2 Å². The Morgan fingerprint density at radius 3 is 1.49 bits per heavy atom. The van der Waals surface area contributed by atoms with Crippen LogP contribution in [0.2, 0.25) is 0 Å². The summed E-state index contributed by atoms with van der Waals surface area (Å²) in [6.07, 6.45) is -13.8. The smallest absolute Gasteiger partial charge is 0.460 e. The normalized spacial score (nSPS) is 14.6. The molecule has 26 heteroatoms. The number of rotatable bonds is 17. The molecule has 0 radical (unpaired) electrons. The van der Waals surface area contributed by atoms with Gasteiger partial charge in [0, 0.05) is 30.6 Å². The van der Waals surface area contributed by atoms with Gasteiger partial charge in [0.1, 0.15) is 19.5 Å². The molecule has 0 aliphatic heterocycles. The summed E-state index contributed by atoms with van der Waals surface area (Å²) in [5, 5.41) is -6.04. The molecule has 0 fully saturated rings. The Bertz CT molecular complexity index is 1330.